The SMILES string of the molecule is Cc1ccc(N/C=C/C(=O)c2ccc3c(c2)OCO3)cc1Cl. The summed E-state index contributed by atoms with van der Waals surface area (Å²) in [5, 5.41) is 3.70. The molecule has 0 aliphatic carbocycles. The van der Waals surface area contributed by atoms with Crippen molar-refractivity contribution in [3.05, 3.63) is 64.8 Å². The molecule has 0 spiro atoms. The summed E-state index contributed by atoms with van der Waals surface area (Å²) in [6.45, 7) is 2.13. The van der Waals surface area contributed by atoms with Crippen molar-refractivity contribution >= 4 is 23.1 Å². The molecule has 0 atom stereocenters. The van der Waals surface area contributed by atoms with E-state index in [0.717, 1.165) is 11.3 Å². The van der Waals surface area contributed by atoms with Gasteiger partial charge in [0.2, 0.25) is 6.79 Å². The Balaban J connectivity index is 1.67. The topological polar surface area (TPSA) is 47.6 Å². The first-order valence-corrected chi connectivity index (χ1v) is 7.14. The van der Waals surface area contributed by atoms with Crippen LogP contribution in [0, 0.1) is 6.92 Å². The van der Waals surface area contributed by atoms with E-state index in [0.29, 0.717) is 22.1 Å². The molecule has 2 aromatic rings. The van der Waals surface area contributed by atoms with E-state index in [9.17, 15) is 4.79 Å². The number of rotatable bonds is 4. The van der Waals surface area contributed by atoms with Crippen LogP contribution in [0.3, 0.4) is 0 Å². The van der Waals surface area contributed by atoms with Crippen LogP contribution in [0.25, 0.3) is 0 Å². The number of carbonyl (C=O) groups is 1. The van der Waals surface area contributed by atoms with Gasteiger partial charge < -0.3 is 14.8 Å². The first-order chi connectivity index (χ1) is 10.6. The highest BCUT2D eigenvalue weighted by atomic mass is 35.5. The molecule has 5 heteroatoms. The second kappa shape index (κ2) is 6.12. The lowest BCUT2D eigenvalue weighted by molar-refractivity contribution is 0.104. The summed E-state index contributed by atoms with van der Waals surface area (Å²) in [5.74, 6) is 1.13. The minimum absolute atomic E-state index is 0.121. The summed E-state index contributed by atoms with van der Waals surface area (Å²) >= 11 is 6.05. The quantitative estimate of drug-likeness (QED) is 0.679. The highest BCUT2D eigenvalue weighted by Crippen LogP contribution is 2.32. The third-order valence-corrected chi connectivity index (χ3v) is 3.72. The Kier molecular flexibility index (Phi) is 4.02. The number of anilines is 1. The van der Waals surface area contributed by atoms with E-state index >= 15 is 0 Å². The Morgan fingerprint density at radius 2 is 2.00 bits per heavy atom. The first-order valence-electron chi connectivity index (χ1n) is 6.77. The number of benzene rings is 2. The first kappa shape index (κ1) is 14.5. The van der Waals surface area contributed by atoms with Crippen LogP contribution in [0.15, 0.2) is 48.7 Å². The van der Waals surface area contributed by atoms with Crippen LogP contribution in [0.1, 0.15) is 15.9 Å². The number of ketones is 1. The predicted octanol–water partition coefficient (Wildman–Crippen LogP) is 4.19. The van der Waals surface area contributed by atoms with Gasteiger partial charge in [-0.1, -0.05) is 17.7 Å². The molecular formula is C17H14ClNO3. The molecule has 0 unspecified atom stereocenters. The Bertz CT molecular complexity index is 756. The van der Waals surface area contributed by atoms with Gasteiger partial charge in [-0.15, -0.1) is 0 Å². The van der Waals surface area contributed by atoms with Gasteiger partial charge in [0.15, 0.2) is 17.3 Å². The van der Waals surface area contributed by atoms with E-state index in [4.69, 9.17) is 21.1 Å². The normalized spacial score (nSPS) is 12.6. The summed E-state index contributed by atoms with van der Waals surface area (Å²) in [5.41, 5.74) is 2.38. The van der Waals surface area contributed by atoms with Crippen LogP contribution in [0.5, 0.6) is 11.5 Å². The van der Waals surface area contributed by atoms with Gasteiger partial charge in [-0.3, -0.25) is 4.79 Å². The van der Waals surface area contributed by atoms with Gasteiger partial charge in [0, 0.05) is 28.5 Å². The van der Waals surface area contributed by atoms with E-state index in [2.05, 4.69) is 5.32 Å². The van der Waals surface area contributed by atoms with Crippen LogP contribution < -0.4 is 14.8 Å². The zero-order chi connectivity index (χ0) is 15.5. The number of carbonyl (C=O) groups excluding carboxylic acids is 1. The van der Waals surface area contributed by atoms with Crippen LogP contribution >= 0.6 is 11.6 Å². The summed E-state index contributed by atoms with van der Waals surface area (Å²) < 4.78 is 10.5. The van der Waals surface area contributed by atoms with Crippen LogP contribution in [0.4, 0.5) is 5.69 Å². The van der Waals surface area contributed by atoms with Crippen molar-refractivity contribution in [2.24, 2.45) is 0 Å². The van der Waals surface area contributed by atoms with Gasteiger partial charge in [-0.05, 0) is 42.8 Å². The van der Waals surface area contributed by atoms with Crippen molar-refractivity contribution in [3.8, 4) is 11.5 Å². The number of ether oxygens (including phenoxy) is 2. The molecule has 1 heterocycles. The molecule has 0 radical (unpaired) electrons. The zero-order valence-corrected chi connectivity index (χ0v) is 12.7. The molecule has 0 saturated carbocycles. The summed E-state index contributed by atoms with van der Waals surface area (Å²) in [7, 11) is 0. The van der Waals surface area contributed by atoms with Gasteiger partial charge in [0.1, 0.15) is 0 Å². The number of allylic oxidation sites excluding steroid dienone is 1. The number of nitrogens with one attached hydrogen (secondary N) is 1. The van der Waals surface area contributed by atoms with E-state index < -0.39 is 0 Å². The number of hydrogen-bond acceptors (Lipinski definition) is 4. The van der Waals surface area contributed by atoms with Crippen molar-refractivity contribution in [3.63, 3.8) is 0 Å². The maximum atomic E-state index is 12.1. The summed E-state index contributed by atoms with van der Waals surface area (Å²) in [6.07, 6.45) is 3.05. The van der Waals surface area contributed by atoms with E-state index in [-0.39, 0.29) is 12.6 Å². The van der Waals surface area contributed by atoms with E-state index in [1.807, 2.05) is 25.1 Å². The second-order valence-electron chi connectivity index (χ2n) is 4.87. The van der Waals surface area contributed by atoms with Crippen molar-refractivity contribution < 1.29 is 14.3 Å². The lowest BCUT2D eigenvalue weighted by Gasteiger charge is -2.03. The van der Waals surface area contributed by atoms with Crippen LogP contribution in [0.2, 0.25) is 5.02 Å². The average Bonchev–Trinajstić information content (AvgIpc) is 2.98. The largest absolute Gasteiger partial charge is 0.454 e. The fraction of sp³-hybridized carbons (Fsp3) is 0.118. The van der Waals surface area contributed by atoms with Gasteiger partial charge >= 0.3 is 0 Å². The predicted molar refractivity (Wildman–Crippen MR) is 85.8 cm³/mol. The van der Waals surface area contributed by atoms with Gasteiger partial charge in [0.05, 0.1) is 0 Å². The Morgan fingerprint density at radius 3 is 2.82 bits per heavy atom. The van der Waals surface area contributed by atoms with E-state index in [1.165, 1.54) is 6.08 Å². The number of fused-ring (bicyclic) bond motifs is 1. The van der Waals surface area contributed by atoms with Crippen LogP contribution in [-0.2, 0) is 0 Å². The highest BCUT2D eigenvalue weighted by Gasteiger charge is 2.14. The fourth-order valence-corrected chi connectivity index (χ4v) is 2.22. The molecule has 0 aromatic heterocycles. The molecule has 4 nitrogen and oxygen atoms in total. The van der Waals surface area contributed by atoms with Crippen molar-refractivity contribution in [1.82, 2.24) is 0 Å². The average molecular weight is 316 g/mol. The molecule has 3 rings (SSSR count). The maximum absolute atomic E-state index is 12.1. The second-order valence-corrected chi connectivity index (χ2v) is 5.28. The molecule has 0 saturated heterocycles. The molecule has 1 N–H and O–H groups in total. The third kappa shape index (κ3) is 3.07. The molecule has 0 bridgehead atoms. The van der Waals surface area contributed by atoms with Crippen molar-refractivity contribution in [2.75, 3.05) is 12.1 Å². The zero-order valence-electron chi connectivity index (χ0n) is 11.9. The summed E-state index contributed by atoms with van der Waals surface area (Å²) in [4.78, 5) is 12.1. The monoisotopic (exact) mass is 315 g/mol. The van der Waals surface area contributed by atoms with Gasteiger partial charge in [0.25, 0.3) is 0 Å². The van der Waals surface area contributed by atoms with E-state index in [1.54, 1.807) is 24.4 Å². The van der Waals surface area contributed by atoms with Crippen molar-refractivity contribution in [2.45, 2.75) is 6.92 Å². The number of halogens is 1. The number of hydrogen-bond donors (Lipinski definition) is 1. The minimum atomic E-state index is -0.121. The van der Waals surface area contributed by atoms with Crippen LogP contribution in [-0.4, -0.2) is 12.6 Å². The Labute approximate surface area is 133 Å². The summed E-state index contributed by atoms with van der Waals surface area (Å²) in [6, 6.07) is 10.7. The Hall–Kier alpha value is -2.46. The molecule has 0 amide bonds. The maximum Gasteiger partial charge on any atom is 0.231 e. The molecule has 0 fully saturated rings. The standard InChI is InChI=1S/C17H14ClNO3/c1-11-2-4-13(9-14(11)18)19-7-6-15(20)12-3-5-16-17(8-12)22-10-21-16/h2-9,19H,10H2,1H3/b7-6+. The smallest absolute Gasteiger partial charge is 0.231 e. The molecule has 2 aromatic carbocycles. The molecule has 112 valence electrons. The van der Waals surface area contributed by atoms with Gasteiger partial charge in [-0.2, -0.15) is 0 Å². The lowest BCUT2D eigenvalue weighted by atomic mass is 10.1. The van der Waals surface area contributed by atoms with Gasteiger partial charge in [-0.25, -0.2) is 0 Å². The molecule has 1 aliphatic rings. The number of aryl methyl sites for hydroxylation is 1. The minimum Gasteiger partial charge on any atom is -0.454 e. The van der Waals surface area contributed by atoms with Crippen molar-refractivity contribution in [1.29, 1.82) is 0 Å². The molecule has 1 aliphatic heterocycles. The fourth-order valence-electron chi connectivity index (χ4n) is 2.04. The highest BCUT2D eigenvalue weighted by molar-refractivity contribution is 6.31. The lowest BCUT2D eigenvalue weighted by Crippen LogP contribution is -1.96. The molecular weight excluding hydrogens is 302 g/mol. The molecule has 22 heavy (non-hydrogen) atoms. The Morgan fingerprint density at radius 1 is 1.18 bits per heavy atom. The third-order valence-electron chi connectivity index (χ3n) is 3.31.